The summed E-state index contributed by atoms with van der Waals surface area (Å²) in [4.78, 5) is 3.39. The van der Waals surface area contributed by atoms with Crippen LogP contribution in [0.15, 0.2) is 35.4 Å². The van der Waals surface area contributed by atoms with E-state index in [-0.39, 0.29) is 0 Å². The van der Waals surface area contributed by atoms with Crippen LogP contribution in [0.3, 0.4) is 0 Å². The van der Waals surface area contributed by atoms with Gasteiger partial charge in [-0.2, -0.15) is 0 Å². The van der Waals surface area contributed by atoms with Crippen molar-refractivity contribution in [1.29, 1.82) is 0 Å². The molecule has 4 rings (SSSR count). The Labute approximate surface area is 342 Å². The van der Waals surface area contributed by atoms with Gasteiger partial charge in [0.15, 0.2) is 34.5 Å². The van der Waals surface area contributed by atoms with E-state index in [1.807, 2.05) is 0 Å². The quantitative estimate of drug-likeness (QED) is 0.0165. The predicted molar refractivity (Wildman–Crippen MR) is 238 cm³/mol. The Kier molecular flexibility index (Phi) is 20.7. The molecule has 0 spiro atoms. The van der Waals surface area contributed by atoms with E-state index < -0.39 is 0 Å². The number of fused-ring (bicyclic) bond motifs is 6. The molecule has 0 aliphatic heterocycles. The van der Waals surface area contributed by atoms with Gasteiger partial charge in [0.05, 0.1) is 45.3 Å². The summed E-state index contributed by atoms with van der Waals surface area (Å²) in [6, 6.07) is 10.5. The van der Waals surface area contributed by atoms with E-state index in [0.717, 1.165) is 154 Å². The standard InChI is InChI=1S/C48H71N3O6/c1-7-13-19-25-52-41-31-36-37-32-43(54-27-21-15-9-3)44(55-28-22-16-10-4)34-39(37)46-40(38(36)33-42(41)53-26-20-14-8-2)35-45(56-29-23-17-11-5)48(47(46)50-51-49)57-30-24-18-12-6/h31-35H,7-30H2,1-6H3. The first-order valence-electron chi connectivity index (χ1n) is 22.5. The minimum Gasteiger partial charge on any atom is -0.490 e. The molecule has 314 valence electrons. The SMILES string of the molecule is CCCCCOc1cc2c3cc(OCCCCC)c(OCCCCC)cc3c3c(N=[N+]=[N-])c(OCCCCC)c(OCCCCC)cc3c2cc1OCCCCC. The maximum absolute atomic E-state index is 10.2. The van der Waals surface area contributed by atoms with E-state index >= 15 is 0 Å². The highest BCUT2D eigenvalue weighted by Crippen LogP contribution is 2.52. The maximum Gasteiger partial charge on any atom is 0.171 e. The molecule has 0 unspecified atom stereocenters. The Morgan fingerprint density at radius 3 is 1.00 bits per heavy atom. The molecule has 0 atom stereocenters. The molecular formula is C48H71N3O6. The first-order chi connectivity index (χ1) is 28.1. The Hall–Kier alpha value is -4.23. The second kappa shape index (κ2) is 25.9. The fraction of sp³-hybridized carbons (Fsp3) is 0.625. The van der Waals surface area contributed by atoms with Crippen LogP contribution in [0.25, 0.3) is 42.8 Å². The molecule has 4 aromatic carbocycles. The van der Waals surface area contributed by atoms with Crippen LogP contribution in [0, 0.1) is 0 Å². The highest BCUT2D eigenvalue weighted by atomic mass is 16.5. The van der Waals surface area contributed by atoms with Crippen molar-refractivity contribution in [2.45, 2.75) is 157 Å². The maximum atomic E-state index is 10.2. The van der Waals surface area contributed by atoms with Gasteiger partial charge >= 0.3 is 0 Å². The smallest absolute Gasteiger partial charge is 0.171 e. The third-order valence-corrected chi connectivity index (χ3v) is 10.4. The number of hydrogen-bond acceptors (Lipinski definition) is 7. The van der Waals surface area contributed by atoms with Gasteiger partial charge in [-0.05, 0) is 101 Å². The first kappa shape index (κ1) is 45.5. The van der Waals surface area contributed by atoms with Crippen molar-refractivity contribution in [2.24, 2.45) is 5.11 Å². The fourth-order valence-corrected chi connectivity index (χ4v) is 7.14. The number of benzene rings is 4. The molecule has 9 heteroatoms. The molecule has 0 heterocycles. The fourth-order valence-electron chi connectivity index (χ4n) is 7.14. The second-order valence-electron chi connectivity index (χ2n) is 15.2. The number of ether oxygens (including phenoxy) is 6. The van der Waals surface area contributed by atoms with Crippen LogP contribution < -0.4 is 28.4 Å². The molecule has 0 radical (unpaired) electrons. The number of unbranched alkanes of at least 4 members (excludes halogenated alkanes) is 12. The van der Waals surface area contributed by atoms with Crippen molar-refractivity contribution < 1.29 is 28.4 Å². The summed E-state index contributed by atoms with van der Waals surface area (Å²) in [5.74, 6) is 3.88. The van der Waals surface area contributed by atoms with E-state index in [1.165, 1.54) is 0 Å². The lowest BCUT2D eigenvalue weighted by Crippen LogP contribution is -2.05. The van der Waals surface area contributed by atoms with Gasteiger partial charge in [0, 0.05) is 10.3 Å². The van der Waals surface area contributed by atoms with Gasteiger partial charge in [0.2, 0.25) is 0 Å². The Morgan fingerprint density at radius 1 is 0.386 bits per heavy atom. The monoisotopic (exact) mass is 786 g/mol. The van der Waals surface area contributed by atoms with Crippen LogP contribution in [0.1, 0.15) is 157 Å². The summed E-state index contributed by atoms with van der Waals surface area (Å²) in [6.45, 7) is 16.5. The van der Waals surface area contributed by atoms with Crippen LogP contribution in [-0.4, -0.2) is 39.6 Å². The third-order valence-electron chi connectivity index (χ3n) is 10.4. The molecule has 0 N–H and O–H groups in total. The molecule has 0 aliphatic carbocycles. The molecule has 0 aliphatic rings. The highest BCUT2D eigenvalue weighted by Gasteiger charge is 2.24. The summed E-state index contributed by atoms with van der Waals surface area (Å²) in [5.41, 5.74) is 10.6. The zero-order valence-electron chi connectivity index (χ0n) is 36.1. The van der Waals surface area contributed by atoms with Gasteiger partial charge in [-0.1, -0.05) is 124 Å². The number of rotatable bonds is 31. The van der Waals surface area contributed by atoms with E-state index in [9.17, 15) is 5.53 Å². The molecule has 9 nitrogen and oxygen atoms in total. The summed E-state index contributed by atoms with van der Waals surface area (Å²) in [6.07, 6.45) is 18.6. The summed E-state index contributed by atoms with van der Waals surface area (Å²) in [5, 5.41) is 9.85. The number of nitrogens with zero attached hydrogens (tertiary/aromatic N) is 3. The van der Waals surface area contributed by atoms with Crippen LogP contribution in [0.5, 0.6) is 34.5 Å². The molecule has 57 heavy (non-hydrogen) atoms. The van der Waals surface area contributed by atoms with Crippen LogP contribution in [-0.2, 0) is 0 Å². The van der Waals surface area contributed by atoms with Gasteiger partial charge in [-0.3, -0.25) is 0 Å². The molecule has 0 amide bonds. The molecule has 0 saturated carbocycles. The number of hydrogen-bond donors (Lipinski definition) is 0. The van der Waals surface area contributed by atoms with E-state index in [2.05, 4.69) is 81.9 Å². The van der Waals surface area contributed by atoms with Gasteiger partial charge < -0.3 is 28.4 Å². The lowest BCUT2D eigenvalue weighted by atomic mass is 9.92. The van der Waals surface area contributed by atoms with E-state index in [4.69, 9.17) is 28.4 Å². The predicted octanol–water partition coefficient (Wildman–Crippen LogP) is 15.5. The molecule has 0 fully saturated rings. The van der Waals surface area contributed by atoms with Crippen molar-refractivity contribution in [3.05, 3.63) is 40.8 Å². The average Bonchev–Trinajstić information content (AvgIpc) is 3.22. The zero-order valence-corrected chi connectivity index (χ0v) is 36.1. The van der Waals surface area contributed by atoms with Crippen LogP contribution in [0.4, 0.5) is 5.69 Å². The minimum atomic E-state index is 0.419. The zero-order chi connectivity index (χ0) is 40.7. The third kappa shape index (κ3) is 13.1. The second-order valence-corrected chi connectivity index (χ2v) is 15.2. The number of azide groups is 1. The molecular weight excluding hydrogens is 715 g/mol. The largest absolute Gasteiger partial charge is 0.490 e. The Morgan fingerprint density at radius 2 is 0.667 bits per heavy atom. The van der Waals surface area contributed by atoms with E-state index in [0.29, 0.717) is 74.1 Å². The first-order valence-corrected chi connectivity index (χ1v) is 22.5. The summed E-state index contributed by atoms with van der Waals surface area (Å²) >= 11 is 0. The van der Waals surface area contributed by atoms with Gasteiger partial charge in [0.1, 0.15) is 0 Å². The van der Waals surface area contributed by atoms with Gasteiger partial charge in [-0.15, -0.1) is 0 Å². The molecule has 4 aromatic rings. The van der Waals surface area contributed by atoms with Crippen LogP contribution >= 0.6 is 0 Å². The van der Waals surface area contributed by atoms with Crippen molar-refractivity contribution in [1.82, 2.24) is 0 Å². The summed E-state index contributed by atoms with van der Waals surface area (Å²) in [7, 11) is 0. The van der Waals surface area contributed by atoms with Crippen molar-refractivity contribution in [3.8, 4) is 34.5 Å². The summed E-state index contributed by atoms with van der Waals surface area (Å²) < 4.78 is 39.3. The minimum absolute atomic E-state index is 0.419. The van der Waals surface area contributed by atoms with E-state index in [1.54, 1.807) is 0 Å². The molecule has 0 bridgehead atoms. The van der Waals surface area contributed by atoms with Crippen molar-refractivity contribution >= 4 is 38.0 Å². The van der Waals surface area contributed by atoms with Crippen molar-refractivity contribution in [2.75, 3.05) is 39.6 Å². The Bertz CT molecular complexity index is 1800. The van der Waals surface area contributed by atoms with Gasteiger partial charge in [-0.25, -0.2) is 0 Å². The lowest BCUT2D eigenvalue weighted by Gasteiger charge is -2.22. The normalized spacial score (nSPS) is 11.3. The molecule has 0 saturated heterocycles. The lowest BCUT2D eigenvalue weighted by molar-refractivity contribution is 0.260. The van der Waals surface area contributed by atoms with Crippen LogP contribution in [0.2, 0.25) is 0 Å². The molecule has 0 aromatic heterocycles. The van der Waals surface area contributed by atoms with Gasteiger partial charge in [0.25, 0.3) is 0 Å². The average molecular weight is 786 g/mol. The highest BCUT2D eigenvalue weighted by molar-refractivity contribution is 6.29. The topological polar surface area (TPSA) is 104 Å². The van der Waals surface area contributed by atoms with Crippen molar-refractivity contribution in [3.63, 3.8) is 0 Å². The Balaban J connectivity index is 2.12.